The van der Waals surface area contributed by atoms with Crippen LogP contribution in [0.15, 0.2) is 18.2 Å². The van der Waals surface area contributed by atoms with Gasteiger partial charge in [0, 0.05) is 6.54 Å². The highest BCUT2D eigenvalue weighted by Gasteiger charge is 2.18. The van der Waals surface area contributed by atoms with Crippen molar-refractivity contribution in [1.29, 1.82) is 0 Å². The monoisotopic (exact) mass is 256 g/mol. The quantitative estimate of drug-likeness (QED) is 0.750. The third kappa shape index (κ3) is 3.91. The topological polar surface area (TPSA) is 75.3 Å². The average molecular weight is 257 g/mol. The summed E-state index contributed by atoms with van der Waals surface area (Å²) < 4.78 is 0. The standard InChI is InChI=1S/C12H17ClN2O2/c1-7(2)11(12(14)17)15-6-8-3-4-10(16)9(13)5-8/h3-5,7,11,15-16H,6H2,1-2H3,(H2,14,17). The molecule has 0 aromatic heterocycles. The number of benzene rings is 1. The summed E-state index contributed by atoms with van der Waals surface area (Å²) in [5.41, 5.74) is 6.18. The molecule has 1 amide bonds. The first-order valence-corrected chi connectivity index (χ1v) is 5.79. The molecule has 0 aliphatic heterocycles. The highest BCUT2D eigenvalue weighted by molar-refractivity contribution is 6.32. The maximum atomic E-state index is 11.2. The Hall–Kier alpha value is -1.26. The van der Waals surface area contributed by atoms with Crippen molar-refractivity contribution in [2.75, 3.05) is 0 Å². The highest BCUT2D eigenvalue weighted by atomic mass is 35.5. The van der Waals surface area contributed by atoms with Crippen molar-refractivity contribution in [3.63, 3.8) is 0 Å². The first-order valence-electron chi connectivity index (χ1n) is 5.42. The smallest absolute Gasteiger partial charge is 0.234 e. The van der Waals surface area contributed by atoms with Gasteiger partial charge < -0.3 is 16.2 Å². The highest BCUT2D eigenvalue weighted by Crippen LogP contribution is 2.23. The molecule has 94 valence electrons. The van der Waals surface area contributed by atoms with Gasteiger partial charge in [-0.15, -0.1) is 0 Å². The predicted octanol–water partition coefficient (Wildman–Crippen LogP) is 1.65. The van der Waals surface area contributed by atoms with E-state index in [0.29, 0.717) is 11.6 Å². The summed E-state index contributed by atoms with van der Waals surface area (Å²) in [6, 6.07) is 4.55. The molecule has 0 aliphatic carbocycles. The molecule has 5 heteroatoms. The van der Waals surface area contributed by atoms with Crippen LogP contribution in [-0.2, 0) is 11.3 Å². The van der Waals surface area contributed by atoms with E-state index in [9.17, 15) is 9.90 Å². The molecule has 1 atom stereocenters. The van der Waals surface area contributed by atoms with Crippen molar-refractivity contribution >= 4 is 17.5 Å². The van der Waals surface area contributed by atoms with E-state index in [1.807, 2.05) is 13.8 Å². The molecule has 17 heavy (non-hydrogen) atoms. The lowest BCUT2D eigenvalue weighted by Gasteiger charge is -2.19. The van der Waals surface area contributed by atoms with E-state index in [1.165, 1.54) is 6.07 Å². The van der Waals surface area contributed by atoms with Gasteiger partial charge in [-0.25, -0.2) is 0 Å². The maximum Gasteiger partial charge on any atom is 0.234 e. The van der Waals surface area contributed by atoms with E-state index in [1.54, 1.807) is 12.1 Å². The second kappa shape index (κ2) is 5.89. The van der Waals surface area contributed by atoms with Crippen molar-refractivity contribution in [1.82, 2.24) is 5.32 Å². The van der Waals surface area contributed by atoms with Crippen molar-refractivity contribution in [3.8, 4) is 5.75 Å². The lowest BCUT2D eigenvalue weighted by atomic mass is 10.0. The molecule has 0 saturated heterocycles. The molecule has 1 aromatic rings. The number of halogens is 1. The van der Waals surface area contributed by atoms with E-state index < -0.39 is 0 Å². The van der Waals surface area contributed by atoms with Gasteiger partial charge in [0.2, 0.25) is 5.91 Å². The molecule has 1 rings (SSSR count). The number of carbonyl (C=O) groups excluding carboxylic acids is 1. The Morgan fingerprint density at radius 3 is 2.65 bits per heavy atom. The normalized spacial score (nSPS) is 12.7. The van der Waals surface area contributed by atoms with E-state index in [4.69, 9.17) is 17.3 Å². The zero-order valence-corrected chi connectivity index (χ0v) is 10.7. The number of aromatic hydroxyl groups is 1. The third-order valence-electron chi connectivity index (χ3n) is 2.51. The van der Waals surface area contributed by atoms with Crippen LogP contribution >= 0.6 is 11.6 Å². The van der Waals surface area contributed by atoms with Crippen molar-refractivity contribution in [3.05, 3.63) is 28.8 Å². The SMILES string of the molecule is CC(C)C(NCc1ccc(O)c(Cl)c1)C(N)=O. The summed E-state index contributed by atoms with van der Waals surface area (Å²) >= 11 is 5.78. The molecule has 0 bridgehead atoms. The van der Waals surface area contributed by atoms with Gasteiger partial charge in [0.15, 0.2) is 0 Å². The van der Waals surface area contributed by atoms with Crippen molar-refractivity contribution in [2.45, 2.75) is 26.4 Å². The predicted molar refractivity (Wildman–Crippen MR) is 67.8 cm³/mol. The van der Waals surface area contributed by atoms with Crippen molar-refractivity contribution < 1.29 is 9.90 Å². The van der Waals surface area contributed by atoms with Crippen LogP contribution in [-0.4, -0.2) is 17.1 Å². The van der Waals surface area contributed by atoms with E-state index in [-0.39, 0.29) is 23.6 Å². The molecule has 0 saturated carbocycles. The number of hydrogen-bond donors (Lipinski definition) is 3. The van der Waals surface area contributed by atoms with E-state index >= 15 is 0 Å². The molecule has 1 unspecified atom stereocenters. The third-order valence-corrected chi connectivity index (χ3v) is 2.81. The molecule has 0 heterocycles. The van der Waals surface area contributed by atoms with Gasteiger partial charge in [0.25, 0.3) is 0 Å². The van der Waals surface area contributed by atoms with Crippen LogP contribution in [0, 0.1) is 5.92 Å². The van der Waals surface area contributed by atoms with Gasteiger partial charge in [-0.1, -0.05) is 31.5 Å². The zero-order chi connectivity index (χ0) is 13.0. The lowest BCUT2D eigenvalue weighted by Crippen LogP contribution is -2.44. The second-order valence-corrected chi connectivity index (χ2v) is 4.70. The minimum Gasteiger partial charge on any atom is -0.506 e. The Balaban J connectivity index is 2.65. The van der Waals surface area contributed by atoms with Gasteiger partial charge in [0.05, 0.1) is 11.1 Å². The number of nitrogens with one attached hydrogen (secondary N) is 1. The van der Waals surface area contributed by atoms with Crippen LogP contribution in [0.25, 0.3) is 0 Å². The van der Waals surface area contributed by atoms with Crippen LogP contribution in [0.4, 0.5) is 0 Å². The number of carbonyl (C=O) groups is 1. The number of nitrogens with two attached hydrogens (primary N) is 1. The summed E-state index contributed by atoms with van der Waals surface area (Å²) in [5, 5.41) is 12.6. The average Bonchev–Trinajstić information content (AvgIpc) is 2.22. The van der Waals surface area contributed by atoms with Gasteiger partial charge in [0.1, 0.15) is 5.75 Å². The van der Waals surface area contributed by atoms with Crippen LogP contribution in [0.1, 0.15) is 19.4 Å². The first kappa shape index (κ1) is 13.8. The molecule has 1 aromatic carbocycles. The molecule has 0 aliphatic rings. The van der Waals surface area contributed by atoms with E-state index in [0.717, 1.165) is 5.56 Å². The second-order valence-electron chi connectivity index (χ2n) is 4.29. The first-order chi connectivity index (χ1) is 7.91. The fourth-order valence-corrected chi connectivity index (χ4v) is 1.76. The van der Waals surface area contributed by atoms with Gasteiger partial charge in [-0.3, -0.25) is 4.79 Å². The molecular weight excluding hydrogens is 240 g/mol. The number of phenolic OH excluding ortho intramolecular Hbond substituents is 1. The zero-order valence-electron chi connectivity index (χ0n) is 9.90. The Labute approximate surface area is 106 Å². The van der Waals surface area contributed by atoms with Crippen LogP contribution in [0.2, 0.25) is 5.02 Å². The molecule has 0 radical (unpaired) electrons. The molecule has 0 spiro atoms. The van der Waals surface area contributed by atoms with E-state index in [2.05, 4.69) is 5.32 Å². The number of rotatable bonds is 5. The summed E-state index contributed by atoms with van der Waals surface area (Å²) in [5.74, 6) is -0.198. The van der Waals surface area contributed by atoms with Crippen LogP contribution in [0.5, 0.6) is 5.75 Å². The number of hydrogen-bond acceptors (Lipinski definition) is 3. The Morgan fingerprint density at radius 2 is 2.18 bits per heavy atom. The number of primary amides is 1. The summed E-state index contributed by atoms with van der Waals surface area (Å²) in [6.45, 7) is 4.32. The Morgan fingerprint density at radius 1 is 1.53 bits per heavy atom. The van der Waals surface area contributed by atoms with Crippen LogP contribution in [0.3, 0.4) is 0 Å². The van der Waals surface area contributed by atoms with Gasteiger partial charge >= 0.3 is 0 Å². The Kier molecular flexibility index (Phi) is 4.78. The van der Waals surface area contributed by atoms with Crippen LogP contribution < -0.4 is 11.1 Å². The van der Waals surface area contributed by atoms with Gasteiger partial charge in [-0.2, -0.15) is 0 Å². The lowest BCUT2D eigenvalue weighted by molar-refractivity contribution is -0.121. The largest absolute Gasteiger partial charge is 0.506 e. The summed E-state index contributed by atoms with van der Waals surface area (Å²) in [7, 11) is 0. The van der Waals surface area contributed by atoms with Gasteiger partial charge in [-0.05, 0) is 23.6 Å². The summed E-state index contributed by atoms with van der Waals surface area (Å²) in [6.07, 6.45) is 0. The fraction of sp³-hybridized carbons (Fsp3) is 0.417. The molecule has 4 N–H and O–H groups in total. The Bertz CT molecular complexity index is 407. The molecular formula is C12H17ClN2O2. The fourth-order valence-electron chi connectivity index (χ4n) is 1.55. The minimum atomic E-state index is -0.373. The number of amides is 1. The summed E-state index contributed by atoms with van der Waals surface area (Å²) in [4.78, 5) is 11.2. The molecule has 0 fully saturated rings. The van der Waals surface area contributed by atoms with Crippen molar-refractivity contribution in [2.24, 2.45) is 11.7 Å². The minimum absolute atomic E-state index is 0.0470. The number of phenols is 1. The maximum absolute atomic E-state index is 11.2. The molecule has 4 nitrogen and oxygen atoms in total.